The third-order valence-electron chi connectivity index (χ3n) is 4.94. The first-order chi connectivity index (χ1) is 13.0. The molecule has 0 radical (unpaired) electrons. The lowest BCUT2D eigenvalue weighted by atomic mass is 10.2. The average Bonchev–Trinajstić information content (AvgIpc) is 3.24. The number of amides is 1. The summed E-state index contributed by atoms with van der Waals surface area (Å²) in [6.45, 7) is 8.77. The molecular formula is C20H31IN6O. The molecule has 2 N–H and O–H groups in total. The molecule has 1 aliphatic heterocycles. The zero-order chi connectivity index (χ0) is 19.4. The molecule has 8 heteroatoms. The van der Waals surface area contributed by atoms with E-state index in [-0.39, 0.29) is 41.8 Å². The highest BCUT2D eigenvalue weighted by Gasteiger charge is 2.27. The number of nitrogens with zero attached hydrogens (tertiary/aromatic N) is 4. The van der Waals surface area contributed by atoms with Gasteiger partial charge in [0.05, 0.1) is 11.0 Å². The highest BCUT2D eigenvalue weighted by Crippen LogP contribution is 2.15. The van der Waals surface area contributed by atoms with Crippen molar-refractivity contribution < 1.29 is 4.79 Å². The van der Waals surface area contributed by atoms with E-state index in [0.717, 1.165) is 48.9 Å². The van der Waals surface area contributed by atoms with E-state index in [4.69, 9.17) is 4.99 Å². The summed E-state index contributed by atoms with van der Waals surface area (Å²) >= 11 is 0. The van der Waals surface area contributed by atoms with E-state index >= 15 is 0 Å². The number of nitrogens with one attached hydrogen (secondary N) is 2. The van der Waals surface area contributed by atoms with Gasteiger partial charge < -0.3 is 20.1 Å². The molecule has 0 bridgehead atoms. The number of likely N-dealkylation sites (tertiary alicyclic amines) is 1. The molecule has 7 nitrogen and oxygen atoms in total. The Balaban J connectivity index is 0.00000280. The Labute approximate surface area is 184 Å². The molecule has 1 amide bonds. The van der Waals surface area contributed by atoms with E-state index in [1.807, 2.05) is 44.0 Å². The summed E-state index contributed by atoms with van der Waals surface area (Å²) in [6.07, 6.45) is 0.940. The first kappa shape index (κ1) is 22.4. The van der Waals surface area contributed by atoms with E-state index in [0.29, 0.717) is 6.54 Å². The van der Waals surface area contributed by atoms with Crippen LogP contribution in [0.15, 0.2) is 29.3 Å². The fourth-order valence-electron chi connectivity index (χ4n) is 3.44. The average molecular weight is 498 g/mol. The maximum atomic E-state index is 12.2. The number of benzene rings is 1. The fraction of sp³-hybridized carbons (Fsp3) is 0.550. The molecule has 1 aromatic heterocycles. The van der Waals surface area contributed by atoms with Gasteiger partial charge in [-0.25, -0.2) is 9.98 Å². The Morgan fingerprint density at radius 3 is 2.79 bits per heavy atom. The number of fused-ring (bicyclic) bond motifs is 1. The van der Waals surface area contributed by atoms with Gasteiger partial charge in [-0.15, -0.1) is 24.0 Å². The Bertz CT molecular complexity index is 831. The normalized spacial score (nSPS) is 17.1. The lowest BCUT2D eigenvalue weighted by Gasteiger charge is -2.20. The number of carbonyl (C=O) groups is 1. The summed E-state index contributed by atoms with van der Waals surface area (Å²) in [6, 6.07) is 8.33. The van der Waals surface area contributed by atoms with Gasteiger partial charge in [-0.05, 0) is 25.5 Å². The van der Waals surface area contributed by atoms with Crippen LogP contribution in [0.25, 0.3) is 11.0 Å². The van der Waals surface area contributed by atoms with Crippen molar-refractivity contribution in [3.8, 4) is 0 Å². The first-order valence-corrected chi connectivity index (χ1v) is 9.73. The zero-order valence-corrected chi connectivity index (χ0v) is 19.4. The van der Waals surface area contributed by atoms with Gasteiger partial charge in [-0.2, -0.15) is 0 Å². The number of rotatable bonds is 5. The van der Waals surface area contributed by atoms with Crippen LogP contribution < -0.4 is 10.6 Å². The minimum absolute atomic E-state index is 0. The second kappa shape index (κ2) is 10.1. The van der Waals surface area contributed by atoms with Crippen LogP contribution in [0.3, 0.4) is 0 Å². The molecule has 0 saturated carbocycles. The van der Waals surface area contributed by atoms with Gasteiger partial charge in [-0.1, -0.05) is 26.0 Å². The lowest BCUT2D eigenvalue weighted by molar-refractivity contribution is -0.133. The Morgan fingerprint density at radius 1 is 1.36 bits per heavy atom. The number of imidazole rings is 1. The molecule has 1 aromatic carbocycles. The Kier molecular flexibility index (Phi) is 8.09. The first-order valence-electron chi connectivity index (χ1n) is 9.73. The number of hydrogen-bond acceptors (Lipinski definition) is 3. The lowest BCUT2D eigenvalue weighted by Crippen LogP contribution is -2.45. The van der Waals surface area contributed by atoms with Crippen molar-refractivity contribution in [1.29, 1.82) is 0 Å². The van der Waals surface area contributed by atoms with E-state index in [1.54, 1.807) is 0 Å². The quantitative estimate of drug-likeness (QED) is 0.378. The summed E-state index contributed by atoms with van der Waals surface area (Å²) in [5.41, 5.74) is 2.10. The summed E-state index contributed by atoms with van der Waals surface area (Å²) in [7, 11) is 2.02. The second-order valence-corrected chi connectivity index (χ2v) is 7.34. The van der Waals surface area contributed by atoms with E-state index in [9.17, 15) is 4.79 Å². The molecular weight excluding hydrogens is 467 g/mol. The van der Waals surface area contributed by atoms with Crippen molar-refractivity contribution in [3.63, 3.8) is 0 Å². The van der Waals surface area contributed by atoms with Crippen LogP contribution in [0.2, 0.25) is 0 Å². The minimum atomic E-state index is 0. The van der Waals surface area contributed by atoms with Crippen LogP contribution in [0.1, 0.15) is 33.0 Å². The maximum Gasteiger partial charge on any atom is 0.225 e. The fourth-order valence-corrected chi connectivity index (χ4v) is 3.44. The smallest absolute Gasteiger partial charge is 0.225 e. The van der Waals surface area contributed by atoms with Crippen molar-refractivity contribution in [2.24, 2.45) is 18.0 Å². The van der Waals surface area contributed by atoms with Crippen molar-refractivity contribution in [2.75, 3.05) is 19.6 Å². The molecule has 28 heavy (non-hydrogen) atoms. The number of guanidine groups is 1. The molecule has 1 fully saturated rings. The van der Waals surface area contributed by atoms with Crippen LogP contribution in [0.5, 0.6) is 0 Å². The summed E-state index contributed by atoms with van der Waals surface area (Å²) in [5.74, 6) is 1.97. The van der Waals surface area contributed by atoms with Gasteiger partial charge in [0.15, 0.2) is 5.96 Å². The number of aryl methyl sites for hydroxylation is 1. The Hall–Kier alpha value is -1.84. The SMILES string of the molecule is CCNC(=NCc1nc2ccccc2n1C)NC1CCN(C(=O)C(C)C)C1.I. The van der Waals surface area contributed by atoms with Gasteiger partial charge in [0.2, 0.25) is 5.91 Å². The zero-order valence-electron chi connectivity index (χ0n) is 17.1. The molecule has 2 aromatic rings. The highest BCUT2D eigenvalue weighted by atomic mass is 127. The molecule has 1 aliphatic rings. The van der Waals surface area contributed by atoms with E-state index < -0.39 is 0 Å². The molecule has 0 spiro atoms. The van der Waals surface area contributed by atoms with Crippen LogP contribution in [0.4, 0.5) is 0 Å². The number of aromatic nitrogens is 2. The predicted octanol–water partition coefficient (Wildman–Crippen LogP) is 2.50. The number of halogens is 1. The van der Waals surface area contributed by atoms with Gasteiger partial charge in [-0.3, -0.25) is 4.79 Å². The van der Waals surface area contributed by atoms with Crippen molar-refractivity contribution in [3.05, 3.63) is 30.1 Å². The third-order valence-corrected chi connectivity index (χ3v) is 4.94. The standard InChI is InChI=1S/C20H30N6O.HI/c1-5-21-20(23-15-10-11-26(13-15)19(27)14(2)3)22-12-18-24-16-8-6-7-9-17(16)25(18)4;/h6-9,14-15H,5,10-13H2,1-4H3,(H2,21,22,23);1H. The van der Waals surface area contributed by atoms with Gasteiger partial charge in [0.25, 0.3) is 0 Å². The molecule has 2 heterocycles. The number of hydrogen-bond donors (Lipinski definition) is 2. The van der Waals surface area contributed by atoms with E-state index in [2.05, 4.69) is 33.2 Å². The molecule has 1 atom stereocenters. The summed E-state index contributed by atoms with van der Waals surface area (Å²) in [5, 5.41) is 6.77. The van der Waals surface area contributed by atoms with Gasteiger partial charge in [0, 0.05) is 38.6 Å². The minimum Gasteiger partial charge on any atom is -0.357 e. The molecule has 154 valence electrons. The van der Waals surface area contributed by atoms with Crippen molar-refractivity contribution in [2.45, 2.75) is 39.8 Å². The van der Waals surface area contributed by atoms with Crippen LogP contribution in [-0.2, 0) is 18.4 Å². The maximum absolute atomic E-state index is 12.2. The van der Waals surface area contributed by atoms with Gasteiger partial charge >= 0.3 is 0 Å². The van der Waals surface area contributed by atoms with Crippen molar-refractivity contribution in [1.82, 2.24) is 25.1 Å². The molecule has 0 aliphatic carbocycles. The topological polar surface area (TPSA) is 74.6 Å². The Morgan fingerprint density at radius 2 is 2.11 bits per heavy atom. The predicted molar refractivity (Wildman–Crippen MR) is 124 cm³/mol. The number of para-hydroxylation sites is 2. The highest BCUT2D eigenvalue weighted by molar-refractivity contribution is 14.0. The number of carbonyl (C=O) groups excluding carboxylic acids is 1. The largest absolute Gasteiger partial charge is 0.357 e. The number of aliphatic imine (C=N–C) groups is 1. The molecule has 3 rings (SSSR count). The molecule has 1 saturated heterocycles. The van der Waals surface area contributed by atoms with Gasteiger partial charge in [0.1, 0.15) is 12.4 Å². The summed E-state index contributed by atoms with van der Waals surface area (Å²) < 4.78 is 2.08. The summed E-state index contributed by atoms with van der Waals surface area (Å²) in [4.78, 5) is 23.5. The molecule has 1 unspecified atom stereocenters. The second-order valence-electron chi connectivity index (χ2n) is 7.34. The monoisotopic (exact) mass is 498 g/mol. The van der Waals surface area contributed by atoms with Crippen LogP contribution in [0, 0.1) is 5.92 Å². The van der Waals surface area contributed by atoms with Crippen LogP contribution in [-0.4, -0.2) is 52.0 Å². The van der Waals surface area contributed by atoms with Crippen LogP contribution >= 0.6 is 24.0 Å². The van der Waals surface area contributed by atoms with Crippen molar-refractivity contribution >= 4 is 46.9 Å². The van der Waals surface area contributed by atoms with E-state index in [1.165, 1.54) is 0 Å². The third kappa shape index (κ3) is 5.15.